The van der Waals surface area contributed by atoms with Crippen LogP contribution in [-0.2, 0) is 4.74 Å². The molecule has 1 fully saturated rings. The van der Waals surface area contributed by atoms with Gasteiger partial charge in [-0.25, -0.2) is 9.59 Å². The number of nitro benzene ring substituents is 1. The summed E-state index contributed by atoms with van der Waals surface area (Å²) in [5.74, 6) is 0.490. The lowest BCUT2D eigenvalue weighted by Gasteiger charge is -2.35. The van der Waals surface area contributed by atoms with E-state index in [2.05, 4.69) is 31.4 Å². The van der Waals surface area contributed by atoms with Crippen molar-refractivity contribution in [2.75, 3.05) is 4.90 Å². The van der Waals surface area contributed by atoms with Crippen molar-refractivity contribution in [1.29, 1.82) is 0 Å². The molecule has 3 rings (SSSR count). The Balaban J connectivity index is 1.70. The molecule has 1 N–H and O–H groups in total. The molecule has 1 aliphatic rings. The lowest BCUT2D eigenvalue weighted by atomic mass is 9.90. The number of carbonyl (C=O) groups is 2. The second-order valence-electron chi connectivity index (χ2n) is 8.85. The number of carbonyl (C=O) groups excluding carboxylic acids is 2. The van der Waals surface area contributed by atoms with Gasteiger partial charge in [0.1, 0.15) is 16.0 Å². The molecule has 0 unspecified atom stereocenters. The third-order valence-electron chi connectivity index (χ3n) is 5.10. The van der Waals surface area contributed by atoms with Gasteiger partial charge in [0.05, 0.1) is 4.92 Å². The Hall–Kier alpha value is -3.28. The number of aromatic nitrogens is 2. The summed E-state index contributed by atoms with van der Waals surface area (Å²) in [5, 5.41) is 21.8. The van der Waals surface area contributed by atoms with Gasteiger partial charge in [-0.15, -0.1) is 10.2 Å². The number of hydrogen-bond donors (Lipinski definition) is 1. The van der Waals surface area contributed by atoms with E-state index in [1.165, 1.54) is 29.2 Å². The molecule has 11 nitrogen and oxygen atoms in total. The highest BCUT2D eigenvalue weighted by Gasteiger charge is 2.33. The molecule has 0 radical (unpaired) electrons. The topological polar surface area (TPSA) is 137 Å². The number of alkyl carbamates (subject to hydrolysis) is 1. The molecule has 1 aromatic heterocycles. The number of non-ortho nitro benzene ring substituents is 1. The third-order valence-corrected chi connectivity index (χ3v) is 5.52. The maximum Gasteiger partial charge on any atom is 0.421 e. The minimum Gasteiger partial charge on any atom is -0.444 e. The minimum atomic E-state index is -0.672. The minimum absolute atomic E-state index is 0.0744. The van der Waals surface area contributed by atoms with Crippen molar-refractivity contribution in [3.63, 3.8) is 0 Å². The summed E-state index contributed by atoms with van der Waals surface area (Å²) in [7, 11) is 0. The number of hydrogen-bond acceptors (Lipinski definition) is 8. The smallest absolute Gasteiger partial charge is 0.421 e. The molecule has 1 saturated carbocycles. The van der Waals surface area contributed by atoms with Crippen LogP contribution >= 0.6 is 15.9 Å². The van der Waals surface area contributed by atoms with Gasteiger partial charge in [0.25, 0.3) is 5.69 Å². The van der Waals surface area contributed by atoms with Gasteiger partial charge in [0.2, 0.25) is 0 Å². The van der Waals surface area contributed by atoms with Crippen LogP contribution in [0.1, 0.15) is 46.5 Å². The normalized spacial score (nSPS) is 18.0. The molecule has 0 spiro atoms. The second-order valence-corrected chi connectivity index (χ2v) is 9.67. The predicted molar refractivity (Wildman–Crippen MR) is 127 cm³/mol. The number of benzene rings is 1. The van der Waals surface area contributed by atoms with Crippen molar-refractivity contribution in [3.8, 4) is 5.75 Å². The van der Waals surface area contributed by atoms with Crippen molar-refractivity contribution < 1.29 is 24.0 Å². The van der Waals surface area contributed by atoms with Crippen molar-refractivity contribution in [2.45, 2.75) is 64.1 Å². The maximum absolute atomic E-state index is 13.1. The molecule has 0 bridgehead atoms. The molecule has 0 aliphatic heterocycles. The van der Waals surface area contributed by atoms with E-state index in [1.54, 1.807) is 32.9 Å². The van der Waals surface area contributed by atoms with Crippen LogP contribution in [0.3, 0.4) is 0 Å². The number of anilines is 1. The van der Waals surface area contributed by atoms with Gasteiger partial charge in [-0.1, -0.05) is 0 Å². The van der Waals surface area contributed by atoms with E-state index >= 15 is 0 Å². The van der Waals surface area contributed by atoms with Crippen molar-refractivity contribution in [3.05, 3.63) is 51.1 Å². The Labute approximate surface area is 205 Å². The average Bonchev–Trinajstić information content (AvgIpc) is 2.75. The average molecular weight is 536 g/mol. The van der Waals surface area contributed by atoms with Crippen LogP contribution in [0.2, 0.25) is 0 Å². The van der Waals surface area contributed by atoms with E-state index in [1.807, 2.05) is 0 Å². The van der Waals surface area contributed by atoms with E-state index in [0.29, 0.717) is 36.1 Å². The van der Waals surface area contributed by atoms with Crippen LogP contribution in [0.25, 0.3) is 0 Å². The van der Waals surface area contributed by atoms with Gasteiger partial charge in [-0.3, -0.25) is 15.0 Å². The summed E-state index contributed by atoms with van der Waals surface area (Å²) in [4.78, 5) is 37.0. The Kier molecular flexibility index (Phi) is 8.02. The number of nitro groups is 1. The van der Waals surface area contributed by atoms with Gasteiger partial charge in [-0.05, 0) is 86.6 Å². The van der Waals surface area contributed by atoms with Crippen molar-refractivity contribution in [2.24, 2.45) is 0 Å². The fourth-order valence-electron chi connectivity index (χ4n) is 3.61. The van der Waals surface area contributed by atoms with Crippen LogP contribution in [-0.4, -0.2) is 45.0 Å². The molecule has 1 aromatic carbocycles. The van der Waals surface area contributed by atoms with Gasteiger partial charge in [0.15, 0.2) is 5.82 Å². The van der Waals surface area contributed by atoms with Crippen LogP contribution in [0.15, 0.2) is 41.0 Å². The van der Waals surface area contributed by atoms with Crippen molar-refractivity contribution >= 4 is 39.6 Å². The van der Waals surface area contributed by atoms with E-state index in [-0.39, 0.29) is 23.5 Å². The zero-order valence-electron chi connectivity index (χ0n) is 19.1. The van der Waals surface area contributed by atoms with E-state index in [0.717, 1.165) is 0 Å². The molecule has 1 heterocycles. The highest BCUT2D eigenvalue weighted by atomic mass is 79.9. The highest BCUT2D eigenvalue weighted by molar-refractivity contribution is 9.10. The van der Waals surface area contributed by atoms with E-state index in [9.17, 15) is 19.7 Å². The monoisotopic (exact) mass is 535 g/mol. The lowest BCUT2D eigenvalue weighted by molar-refractivity contribution is -0.384. The molecule has 1 aliphatic carbocycles. The molecule has 0 saturated heterocycles. The first-order valence-electron chi connectivity index (χ1n) is 10.8. The molecular formula is C22H26BrN5O6. The van der Waals surface area contributed by atoms with Crippen molar-refractivity contribution in [1.82, 2.24) is 15.5 Å². The number of amides is 2. The summed E-state index contributed by atoms with van der Waals surface area (Å²) < 4.78 is 11.3. The van der Waals surface area contributed by atoms with E-state index < -0.39 is 22.7 Å². The number of ether oxygens (including phenoxy) is 2. The number of nitrogens with one attached hydrogen (secondary N) is 1. The highest BCUT2D eigenvalue weighted by Crippen LogP contribution is 2.29. The number of halogens is 1. The Morgan fingerprint density at radius 1 is 1.09 bits per heavy atom. The summed E-state index contributed by atoms with van der Waals surface area (Å²) in [6.07, 6.45) is 1.31. The maximum atomic E-state index is 13.1. The van der Waals surface area contributed by atoms with E-state index in [4.69, 9.17) is 9.47 Å². The van der Waals surface area contributed by atoms with Gasteiger partial charge < -0.3 is 14.8 Å². The van der Waals surface area contributed by atoms with Crippen LogP contribution in [0, 0.1) is 10.1 Å². The van der Waals surface area contributed by atoms with Crippen LogP contribution in [0.5, 0.6) is 5.75 Å². The third kappa shape index (κ3) is 7.11. The number of rotatable bonds is 5. The fourth-order valence-corrected chi connectivity index (χ4v) is 3.82. The lowest BCUT2D eigenvalue weighted by Crippen LogP contribution is -2.48. The molecule has 2 aromatic rings. The SMILES string of the molecule is CC(C)(C)OC(=O)NC1CCC(N(C(=O)Oc2ccc([N+](=O)[O-])cc2)c2ccc(Br)nn2)CC1. The summed E-state index contributed by atoms with van der Waals surface area (Å²) in [6.45, 7) is 5.41. The predicted octanol–water partition coefficient (Wildman–Crippen LogP) is 4.99. The number of nitrogens with zero attached hydrogens (tertiary/aromatic N) is 4. The quantitative estimate of drug-likeness (QED) is 0.417. The first-order valence-corrected chi connectivity index (χ1v) is 11.6. The summed E-state index contributed by atoms with van der Waals surface area (Å²) in [5.41, 5.74) is -0.689. The first kappa shape index (κ1) is 25.3. The zero-order valence-corrected chi connectivity index (χ0v) is 20.6. The summed E-state index contributed by atoms with van der Waals surface area (Å²) in [6, 6.07) is 8.27. The Bertz CT molecular complexity index is 1020. The summed E-state index contributed by atoms with van der Waals surface area (Å²) >= 11 is 3.24. The zero-order chi connectivity index (χ0) is 24.9. The first-order chi connectivity index (χ1) is 16.0. The fraction of sp³-hybridized carbons (Fsp3) is 0.455. The molecule has 0 atom stereocenters. The molecule has 2 amide bonds. The molecule has 34 heavy (non-hydrogen) atoms. The second kappa shape index (κ2) is 10.8. The van der Waals surface area contributed by atoms with Crippen LogP contribution in [0.4, 0.5) is 21.1 Å². The largest absolute Gasteiger partial charge is 0.444 e. The van der Waals surface area contributed by atoms with Gasteiger partial charge in [-0.2, -0.15) is 0 Å². The standard InChI is InChI=1S/C22H26BrN5O6/c1-22(2,3)34-20(29)24-14-4-6-15(7-5-14)27(19-13-12-18(23)25-26-19)21(30)33-17-10-8-16(9-11-17)28(31)32/h8-15H,4-7H2,1-3H3,(H,24,29). The van der Waals surface area contributed by atoms with Gasteiger partial charge in [0, 0.05) is 24.2 Å². The molecule has 182 valence electrons. The molecule has 12 heteroatoms. The molecular weight excluding hydrogens is 510 g/mol. The Morgan fingerprint density at radius 3 is 2.26 bits per heavy atom. The Morgan fingerprint density at radius 2 is 1.74 bits per heavy atom. The van der Waals surface area contributed by atoms with Gasteiger partial charge >= 0.3 is 12.2 Å². The van der Waals surface area contributed by atoms with Crippen LogP contribution < -0.4 is 15.0 Å².